The highest BCUT2D eigenvalue weighted by atomic mass is 19.1. The van der Waals surface area contributed by atoms with Gasteiger partial charge in [0.25, 0.3) is 0 Å². The van der Waals surface area contributed by atoms with E-state index in [0.717, 1.165) is 17.5 Å². The molecule has 0 aromatic heterocycles. The lowest BCUT2D eigenvalue weighted by Crippen LogP contribution is -2.50. The van der Waals surface area contributed by atoms with Crippen LogP contribution in [0.25, 0.3) is 11.1 Å². The largest absolute Gasteiger partial charge is 0.460 e. The number of esters is 1. The van der Waals surface area contributed by atoms with E-state index in [1.54, 1.807) is 17.0 Å². The van der Waals surface area contributed by atoms with E-state index in [1.807, 2.05) is 61.5 Å². The van der Waals surface area contributed by atoms with Gasteiger partial charge < -0.3 is 30.5 Å². The maximum atomic E-state index is 15.7. The highest BCUT2D eigenvalue weighted by Gasteiger charge is 2.43. The summed E-state index contributed by atoms with van der Waals surface area (Å²) in [6.07, 6.45) is 1.70. The average Bonchev–Trinajstić information content (AvgIpc) is 3.09. The summed E-state index contributed by atoms with van der Waals surface area (Å²) < 4.78 is 25.7. The van der Waals surface area contributed by atoms with Gasteiger partial charge in [0.1, 0.15) is 18.5 Å². The van der Waals surface area contributed by atoms with E-state index < -0.39 is 35.4 Å². The molecule has 1 aliphatic rings. The number of nitrogens with zero attached hydrogens (tertiary/aromatic N) is 1. The van der Waals surface area contributed by atoms with Gasteiger partial charge in [0.2, 0.25) is 5.91 Å². The molecule has 246 valence electrons. The third kappa shape index (κ3) is 8.70. The number of rotatable bonds is 13. The molecule has 3 aromatic rings. The Morgan fingerprint density at radius 1 is 1.09 bits per heavy atom. The number of aryl methyl sites for hydroxylation is 1. The first-order chi connectivity index (χ1) is 22.2. The van der Waals surface area contributed by atoms with Gasteiger partial charge in [-0.2, -0.15) is 0 Å². The molecular weight excluding hydrogens is 589 g/mol. The van der Waals surface area contributed by atoms with Gasteiger partial charge >= 0.3 is 12.1 Å². The molecule has 0 saturated carbocycles. The van der Waals surface area contributed by atoms with Crippen molar-refractivity contribution in [2.45, 2.75) is 63.7 Å². The molecule has 1 heterocycles. The number of ether oxygens (including phenoxy) is 2. The predicted octanol–water partition coefficient (Wildman–Crippen LogP) is 5.08. The van der Waals surface area contributed by atoms with E-state index in [1.165, 1.54) is 13.2 Å². The molecule has 46 heavy (non-hydrogen) atoms. The average molecular weight is 634 g/mol. The number of benzene rings is 3. The van der Waals surface area contributed by atoms with E-state index in [0.29, 0.717) is 42.5 Å². The molecule has 1 fully saturated rings. The molecule has 2 amide bonds. The van der Waals surface area contributed by atoms with Gasteiger partial charge in [-0.15, -0.1) is 0 Å². The Balaban J connectivity index is 1.56. The summed E-state index contributed by atoms with van der Waals surface area (Å²) in [5.41, 5.74) is 7.78. The van der Waals surface area contributed by atoms with Crippen molar-refractivity contribution in [3.05, 3.63) is 95.3 Å². The number of hydrogen-bond acceptors (Lipinski definition) is 7. The Kier molecular flexibility index (Phi) is 12.3. The van der Waals surface area contributed by atoms with Gasteiger partial charge in [0.05, 0.1) is 19.1 Å². The summed E-state index contributed by atoms with van der Waals surface area (Å²) in [5.74, 6) is -1.90. The first-order valence-corrected chi connectivity index (χ1v) is 15.8. The lowest BCUT2D eigenvalue weighted by atomic mass is 9.72. The zero-order chi connectivity index (χ0) is 33.1. The quantitative estimate of drug-likeness (QED) is 0.177. The first-order valence-electron chi connectivity index (χ1n) is 15.8. The minimum Gasteiger partial charge on any atom is -0.460 e. The Morgan fingerprint density at radius 2 is 1.83 bits per heavy atom. The van der Waals surface area contributed by atoms with E-state index >= 15 is 4.39 Å². The minimum atomic E-state index is -1.55. The van der Waals surface area contributed by atoms with Gasteiger partial charge in [-0.3, -0.25) is 9.59 Å². The lowest BCUT2D eigenvalue weighted by molar-refractivity contribution is -0.150. The molecule has 0 spiro atoms. The van der Waals surface area contributed by atoms with Gasteiger partial charge in [-0.1, -0.05) is 73.7 Å². The molecule has 0 unspecified atom stereocenters. The molecule has 4 rings (SSSR count). The van der Waals surface area contributed by atoms with Crippen LogP contribution in [-0.2, 0) is 37.7 Å². The molecule has 3 atom stereocenters. The SMILES string of the molecule is CCc1cccc(-c2c(F)cccc2[C@](O)(CCCNC(=O)OC)[C@@H]2CCCN(C(=O)C[C@H](N)C(=O)OCc3ccccc3)C2)c1. The van der Waals surface area contributed by atoms with E-state index in [4.69, 9.17) is 10.5 Å². The monoisotopic (exact) mass is 633 g/mol. The van der Waals surface area contributed by atoms with Crippen molar-refractivity contribution in [2.24, 2.45) is 11.7 Å². The van der Waals surface area contributed by atoms with Crippen molar-refractivity contribution in [1.29, 1.82) is 0 Å². The van der Waals surface area contributed by atoms with Crippen molar-refractivity contribution < 1.29 is 33.4 Å². The summed E-state index contributed by atoms with van der Waals surface area (Å²) in [5, 5.41) is 15.3. The van der Waals surface area contributed by atoms with Crippen molar-refractivity contribution in [2.75, 3.05) is 26.7 Å². The second-order valence-electron chi connectivity index (χ2n) is 11.7. The fourth-order valence-electron chi connectivity index (χ4n) is 6.13. The number of carbonyl (C=O) groups excluding carboxylic acids is 3. The standard InChI is InChI=1S/C36H44FN3O6/c1-3-25-13-7-14-27(21-25)33-29(16-8-17-30(33)37)36(44,18-10-19-39-35(43)45-2)28-15-9-20-40(23-28)32(41)22-31(38)34(42)46-24-26-11-5-4-6-12-26/h4-8,11-14,16-17,21,28,31,44H,3,9-10,15,18-20,22-24,38H2,1-2H3,(H,39,43)/t28-,31+,36+/m1/s1. The molecule has 10 heteroatoms. The molecule has 3 aromatic carbocycles. The predicted molar refractivity (Wildman–Crippen MR) is 173 cm³/mol. The highest BCUT2D eigenvalue weighted by Crippen LogP contribution is 2.44. The van der Waals surface area contributed by atoms with Crippen molar-refractivity contribution in [1.82, 2.24) is 10.2 Å². The molecule has 1 saturated heterocycles. The molecule has 1 aliphatic heterocycles. The molecule has 4 N–H and O–H groups in total. The summed E-state index contributed by atoms with van der Waals surface area (Å²) in [4.78, 5) is 39.3. The topological polar surface area (TPSA) is 131 Å². The first kappa shape index (κ1) is 34.6. The van der Waals surface area contributed by atoms with Gasteiger partial charge in [-0.05, 0) is 60.4 Å². The van der Waals surface area contributed by atoms with Crippen LogP contribution < -0.4 is 11.1 Å². The number of amides is 2. The number of nitrogens with two attached hydrogens (primary N) is 1. The number of alkyl carbamates (subject to hydrolysis) is 1. The Bertz CT molecular complexity index is 1490. The third-order valence-electron chi connectivity index (χ3n) is 8.66. The van der Waals surface area contributed by atoms with E-state index in [-0.39, 0.29) is 38.4 Å². The van der Waals surface area contributed by atoms with Gasteiger partial charge in [-0.25, -0.2) is 9.18 Å². The number of carbonyl (C=O) groups is 3. The number of aliphatic hydroxyl groups is 1. The number of hydrogen-bond donors (Lipinski definition) is 3. The maximum Gasteiger partial charge on any atom is 0.406 e. The van der Waals surface area contributed by atoms with Gasteiger partial charge in [0, 0.05) is 31.1 Å². The Labute approximate surface area is 269 Å². The highest BCUT2D eigenvalue weighted by molar-refractivity contribution is 5.85. The molecule has 9 nitrogen and oxygen atoms in total. The summed E-state index contributed by atoms with van der Waals surface area (Å²) >= 11 is 0. The molecule has 0 radical (unpaired) electrons. The van der Waals surface area contributed by atoms with Crippen LogP contribution >= 0.6 is 0 Å². The fraction of sp³-hybridized carbons (Fsp3) is 0.417. The fourth-order valence-corrected chi connectivity index (χ4v) is 6.13. The third-order valence-corrected chi connectivity index (χ3v) is 8.66. The van der Waals surface area contributed by atoms with Crippen LogP contribution in [0.2, 0.25) is 0 Å². The van der Waals surface area contributed by atoms with Crippen molar-refractivity contribution in [3.63, 3.8) is 0 Å². The zero-order valence-electron chi connectivity index (χ0n) is 26.5. The Hall–Kier alpha value is -4.28. The van der Waals surface area contributed by atoms with Crippen LogP contribution in [-0.4, -0.2) is 60.8 Å². The van der Waals surface area contributed by atoms with Crippen molar-refractivity contribution >= 4 is 18.0 Å². The molecular formula is C36H44FN3O6. The summed E-state index contributed by atoms with van der Waals surface area (Å²) in [6, 6.07) is 20.4. The number of nitrogens with one attached hydrogen (secondary N) is 1. The summed E-state index contributed by atoms with van der Waals surface area (Å²) in [7, 11) is 1.28. The second kappa shape index (κ2) is 16.3. The Morgan fingerprint density at radius 3 is 2.57 bits per heavy atom. The number of halogens is 1. The maximum absolute atomic E-state index is 15.7. The number of piperidine rings is 1. The van der Waals surface area contributed by atoms with Crippen LogP contribution in [0, 0.1) is 11.7 Å². The van der Waals surface area contributed by atoms with Crippen LogP contribution in [0.1, 0.15) is 55.7 Å². The molecule has 0 aliphatic carbocycles. The lowest BCUT2D eigenvalue weighted by Gasteiger charge is -2.44. The zero-order valence-corrected chi connectivity index (χ0v) is 26.5. The van der Waals surface area contributed by atoms with Crippen LogP contribution in [0.4, 0.5) is 9.18 Å². The molecule has 0 bridgehead atoms. The van der Waals surface area contributed by atoms with Crippen LogP contribution in [0.3, 0.4) is 0 Å². The number of likely N-dealkylation sites (tertiary alicyclic amines) is 1. The normalized spacial score (nSPS) is 16.6. The summed E-state index contributed by atoms with van der Waals surface area (Å²) in [6.45, 7) is 2.95. The minimum absolute atomic E-state index is 0.0579. The van der Waals surface area contributed by atoms with Gasteiger partial charge in [0.15, 0.2) is 0 Å². The second-order valence-corrected chi connectivity index (χ2v) is 11.7. The van der Waals surface area contributed by atoms with E-state index in [2.05, 4.69) is 10.1 Å². The number of methoxy groups -OCH3 is 1. The smallest absolute Gasteiger partial charge is 0.406 e. The van der Waals surface area contributed by atoms with E-state index in [9.17, 15) is 19.5 Å². The van der Waals surface area contributed by atoms with Crippen LogP contribution in [0.15, 0.2) is 72.8 Å². The van der Waals surface area contributed by atoms with Crippen molar-refractivity contribution in [3.8, 4) is 11.1 Å². The van der Waals surface area contributed by atoms with Crippen LogP contribution in [0.5, 0.6) is 0 Å².